The van der Waals surface area contributed by atoms with Crippen LogP contribution in [0, 0.1) is 0 Å². The van der Waals surface area contributed by atoms with E-state index in [4.69, 9.17) is 4.74 Å². The maximum Gasteiger partial charge on any atom is 0.103 e. The Kier molecular flexibility index (Phi) is 8.19. The van der Waals surface area contributed by atoms with Gasteiger partial charge in [0.2, 0.25) is 0 Å². The average molecular weight is 298 g/mol. The molecule has 0 aliphatic rings. The lowest BCUT2D eigenvalue weighted by Crippen LogP contribution is -1.99. The molecule has 2 heteroatoms. The van der Waals surface area contributed by atoms with Crippen LogP contribution in [0.1, 0.15) is 37.0 Å². The maximum absolute atomic E-state index is 10.3. The van der Waals surface area contributed by atoms with E-state index < -0.39 is 6.10 Å². The average Bonchev–Trinajstić information content (AvgIpc) is 2.54. The first kappa shape index (κ1) is 18.1. The summed E-state index contributed by atoms with van der Waals surface area (Å²) in [4.78, 5) is 0. The standard InChI is InChI=1S/C20H26O2/c1-5-6-7-9-16(2)18-11-13-19(14-12-18)20(21)17(3)10-8-15-22-4/h7-14,20-21H,2-3,5-6,15H2,1,4H3/b9-7-,10-8-. The molecule has 0 fully saturated rings. The molecule has 1 N–H and O–H groups in total. The molecule has 1 aromatic rings. The van der Waals surface area contributed by atoms with Gasteiger partial charge < -0.3 is 9.84 Å². The van der Waals surface area contributed by atoms with Crippen LogP contribution in [-0.4, -0.2) is 18.8 Å². The van der Waals surface area contributed by atoms with Gasteiger partial charge in [-0.2, -0.15) is 0 Å². The quantitative estimate of drug-likeness (QED) is 0.660. The van der Waals surface area contributed by atoms with E-state index in [9.17, 15) is 5.11 Å². The SMILES string of the molecule is C=C(/C=C\CCC)c1ccc(C(O)C(=C)/C=C\COC)cc1. The highest BCUT2D eigenvalue weighted by Crippen LogP contribution is 2.23. The summed E-state index contributed by atoms with van der Waals surface area (Å²) in [6.07, 6.45) is 9.28. The van der Waals surface area contributed by atoms with Crippen molar-refractivity contribution in [3.05, 3.63) is 78.4 Å². The molecule has 2 nitrogen and oxygen atoms in total. The summed E-state index contributed by atoms with van der Waals surface area (Å²) in [7, 11) is 1.63. The predicted molar refractivity (Wildman–Crippen MR) is 94.6 cm³/mol. The van der Waals surface area contributed by atoms with Crippen LogP contribution in [0.2, 0.25) is 0 Å². The molecule has 0 aromatic heterocycles. The van der Waals surface area contributed by atoms with Crippen molar-refractivity contribution in [2.24, 2.45) is 0 Å². The summed E-state index contributed by atoms with van der Waals surface area (Å²) in [5.74, 6) is 0. The molecule has 1 unspecified atom stereocenters. The van der Waals surface area contributed by atoms with Crippen molar-refractivity contribution in [3.63, 3.8) is 0 Å². The van der Waals surface area contributed by atoms with Crippen molar-refractivity contribution < 1.29 is 9.84 Å². The van der Waals surface area contributed by atoms with Crippen molar-refractivity contribution in [2.45, 2.75) is 25.9 Å². The first-order valence-electron chi connectivity index (χ1n) is 7.58. The fourth-order valence-electron chi connectivity index (χ4n) is 1.97. The van der Waals surface area contributed by atoms with E-state index in [0.29, 0.717) is 12.2 Å². The number of aliphatic hydroxyl groups excluding tert-OH is 1. The highest BCUT2D eigenvalue weighted by molar-refractivity contribution is 5.72. The Morgan fingerprint density at radius 3 is 2.45 bits per heavy atom. The molecule has 0 aliphatic carbocycles. The second kappa shape index (κ2) is 9.93. The van der Waals surface area contributed by atoms with Gasteiger partial charge in [-0.3, -0.25) is 0 Å². The molecule has 0 bridgehead atoms. The van der Waals surface area contributed by atoms with Crippen LogP contribution in [-0.2, 0) is 4.74 Å². The zero-order chi connectivity index (χ0) is 16.4. The molecule has 0 saturated carbocycles. The van der Waals surface area contributed by atoms with Crippen LogP contribution in [0.15, 0.2) is 67.3 Å². The summed E-state index contributed by atoms with van der Waals surface area (Å²) < 4.78 is 4.93. The van der Waals surface area contributed by atoms with Crippen molar-refractivity contribution >= 4 is 5.57 Å². The lowest BCUT2D eigenvalue weighted by atomic mass is 9.99. The van der Waals surface area contributed by atoms with Gasteiger partial charge in [-0.15, -0.1) is 0 Å². The molecule has 1 aromatic carbocycles. The third kappa shape index (κ3) is 5.84. The molecule has 1 rings (SSSR count). The Morgan fingerprint density at radius 1 is 1.18 bits per heavy atom. The summed E-state index contributed by atoms with van der Waals surface area (Å²) in [6, 6.07) is 7.77. The zero-order valence-corrected chi connectivity index (χ0v) is 13.6. The van der Waals surface area contributed by atoms with Crippen LogP contribution < -0.4 is 0 Å². The molecule has 22 heavy (non-hydrogen) atoms. The molecule has 0 saturated heterocycles. The Labute approximate surface area is 134 Å². The van der Waals surface area contributed by atoms with Gasteiger partial charge >= 0.3 is 0 Å². The number of allylic oxidation sites excluding steroid dienone is 3. The van der Waals surface area contributed by atoms with Crippen molar-refractivity contribution in [3.8, 4) is 0 Å². The summed E-state index contributed by atoms with van der Waals surface area (Å²) in [5.41, 5.74) is 3.50. The topological polar surface area (TPSA) is 29.5 Å². The molecule has 0 radical (unpaired) electrons. The Morgan fingerprint density at radius 2 is 1.86 bits per heavy atom. The number of benzene rings is 1. The van der Waals surface area contributed by atoms with Gasteiger partial charge in [0, 0.05) is 7.11 Å². The van der Waals surface area contributed by atoms with Crippen molar-refractivity contribution in [1.29, 1.82) is 0 Å². The van der Waals surface area contributed by atoms with Crippen LogP contribution in [0.4, 0.5) is 0 Å². The van der Waals surface area contributed by atoms with Gasteiger partial charge in [0.1, 0.15) is 6.10 Å². The van der Waals surface area contributed by atoms with Crippen LogP contribution >= 0.6 is 0 Å². The first-order valence-corrected chi connectivity index (χ1v) is 7.58. The lowest BCUT2D eigenvalue weighted by molar-refractivity contribution is 0.219. The second-order valence-electron chi connectivity index (χ2n) is 5.17. The van der Waals surface area contributed by atoms with E-state index in [2.05, 4.69) is 26.2 Å². The van der Waals surface area contributed by atoms with Gasteiger partial charge in [-0.25, -0.2) is 0 Å². The third-order valence-corrected chi connectivity index (χ3v) is 3.32. The number of rotatable bonds is 9. The third-order valence-electron chi connectivity index (χ3n) is 3.32. The number of methoxy groups -OCH3 is 1. The van der Waals surface area contributed by atoms with Gasteiger partial charge in [-0.1, -0.05) is 75.1 Å². The Bertz CT molecular complexity index is 535. The molecule has 0 amide bonds. The minimum Gasteiger partial charge on any atom is -0.384 e. The van der Waals surface area contributed by atoms with E-state index in [1.54, 1.807) is 13.2 Å². The molecular formula is C20H26O2. The molecule has 0 heterocycles. The number of ether oxygens (including phenoxy) is 1. The molecule has 1 atom stereocenters. The fraction of sp³-hybridized carbons (Fsp3) is 0.300. The monoisotopic (exact) mass is 298 g/mol. The van der Waals surface area contributed by atoms with E-state index in [-0.39, 0.29) is 0 Å². The normalized spacial score (nSPS) is 12.9. The van der Waals surface area contributed by atoms with Crippen molar-refractivity contribution in [1.82, 2.24) is 0 Å². The first-order chi connectivity index (χ1) is 10.6. The summed E-state index contributed by atoms with van der Waals surface area (Å²) >= 11 is 0. The zero-order valence-electron chi connectivity index (χ0n) is 13.6. The molecule has 0 spiro atoms. The van der Waals surface area contributed by atoms with Crippen molar-refractivity contribution in [2.75, 3.05) is 13.7 Å². The lowest BCUT2D eigenvalue weighted by Gasteiger charge is -2.12. The maximum atomic E-state index is 10.3. The van der Waals surface area contributed by atoms with Crippen LogP contribution in [0.3, 0.4) is 0 Å². The number of aliphatic hydroxyl groups is 1. The smallest absolute Gasteiger partial charge is 0.103 e. The largest absolute Gasteiger partial charge is 0.384 e. The Hall–Kier alpha value is -1.90. The summed E-state index contributed by atoms with van der Waals surface area (Å²) in [6.45, 7) is 10.6. The van der Waals surface area contributed by atoms with E-state index in [0.717, 1.165) is 29.5 Å². The van der Waals surface area contributed by atoms with Crippen LogP contribution in [0.25, 0.3) is 5.57 Å². The molecule has 118 valence electrons. The van der Waals surface area contributed by atoms with Gasteiger partial charge in [0.15, 0.2) is 0 Å². The molecule has 0 aliphatic heterocycles. The Balaban J connectivity index is 2.71. The minimum absolute atomic E-state index is 0.509. The minimum atomic E-state index is -0.703. The molecular weight excluding hydrogens is 272 g/mol. The van der Waals surface area contributed by atoms with E-state index in [1.807, 2.05) is 36.4 Å². The highest BCUT2D eigenvalue weighted by Gasteiger charge is 2.09. The summed E-state index contributed by atoms with van der Waals surface area (Å²) in [5, 5.41) is 10.3. The number of unbranched alkanes of at least 4 members (excludes halogenated alkanes) is 1. The highest BCUT2D eigenvalue weighted by atomic mass is 16.5. The van der Waals surface area contributed by atoms with Gasteiger partial charge in [0.05, 0.1) is 6.61 Å². The predicted octanol–water partition coefficient (Wildman–Crippen LogP) is 4.85. The van der Waals surface area contributed by atoms with E-state index in [1.165, 1.54) is 0 Å². The van der Waals surface area contributed by atoms with Gasteiger partial charge in [0.25, 0.3) is 0 Å². The number of hydrogen-bond donors (Lipinski definition) is 1. The fourth-order valence-corrected chi connectivity index (χ4v) is 1.97. The van der Waals surface area contributed by atoms with E-state index >= 15 is 0 Å². The second-order valence-corrected chi connectivity index (χ2v) is 5.17. The van der Waals surface area contributed by atoms with Crippen LogP contribution in [0.5, 0.6) is 0 Å². The number of hydrogen-bond acceptors (Lipinski definition) is 2. The van der Waals surface area contributed by atoms with Gasteiger partial charge in [-0.05, 0) is 28.7 Å².